The zero-order valence-corrected chi connectivity index (χ0v) is 11.0. The van der Waals surface area contributed by atoms with E-state index in [0.29, 0.717) is 18.9 Å². The smallest absolute Gasteiger partial charge is 0.174 e. The molecule has 0 bridgehead atoms. The van der Waals surface area contributed by atoms with E-state index in [9.17, 15) is 0 Å². The lowest BCUT2D eigenvalue weighted by Crippen LogP contribution is -2.04. The molecule has 0 aliphatic rings. The Morgan fingerprint density at radius 3 is 3.00 bits per heavy atom. The SMILES string of the molecule is CNCc1cc(COc2ccccc2Br)on1. The van der Waals surface area contributed by atoms with Crippen LogP contribution in [0.3, 0.4) is 0 Å². The Kier molecular flexibility index (Phi) is 4.17. The first kappa shape index (κ1) is 12.1. The number of hydrogen-bond donors (Lipinski definition) is 1. The van der Waals surface area contributed by atoms with E-state index in [2.05, 4.69) is 26.4 Å². The Hall–Kier alpha value is -1.33. The maximum atomic E-state index is 5.61. The summed E-state index contributed by atoms with van der Waals surface area (Å²) in [6.45, 7) is 1.07. The third-order valence-corrected chi connectivity index (χ3v) is 2.83. The van der Waals surface area contributed by atoms with E-state index in [4.69, 9.17) is 9.26 Å². The number of benzene rings is 1. The molecule has 0 fully saturated rings. The number of nitrogens with zero attached hydrogens (tertiary/aromatic N) is 1. The molecule has 0 saturated heterocycles. The van der Waals surface area contributed by atoms with Crippen molar-refractivity contribution in [3.8, 4) is 5.75 Å². The summed E-state index contributed by atoms with van der Waals surface area (Å²) in [4.78, 5) is 0. The third-order valence-electron chi connectivity index (χ3n) is 2.17. The van der Waals surface area contributed by atoms with Crippen LogP contribution in [0.4, 0.5) is 0 Å². The lowest BCUT2D eigenvalue weighted by molar-refractivity contribution is 0.247. The minimum absolute atomic E-state index is 0.374. The molecule has 0 unspecified atom stereocenters. The van der Waals surface area contributed by atoms with Crippen LogP contribution < -0.4 is 10.1 Å². The van der Waals surface area contributed by atoms with Crippen LogP contribution >= 0.6 is 15.9 Å². The molecule has 5 heteroatoms. The highest BCUT2D eigenvalue weighted by Crippen LogP contribution is 2.24. The van der Waals surface area contributed by atoms with Crippen LogP contribution in [0.25, 0.3) is 0 Å². The van der Waals surface area contributed by atoms with Gasteiger partial charge in [0.1, 0.15) is 12.4 Å². The van der Waals surface area contributed by atoms with Crippen LogP contribution in [0.15, 0.2) is 39.3 Å². The van der Waals surface area contributed by atoms with Crippen LogP contribution in [0.2, 0.25) is 0 Å². The van der Waals surface area contributed by atoms with Gasteiger partial charge < -0.3 is 14.6 Å². The highest BCUT2D eigenvalue weighted by molar-refractivity contribution is 9.10. The quantitative estimate of drug-likeness (QED) is 0.922. The van der Waals surface area contributed by atoms with Gasteiger partial charge in [-0.1, -0.05) is 17.3 Å². The molecule has 1 aromatic heterocycles. The Morgan fingerprint density at radius 1 is 1.41 bits per heavy atom. The number of rotatable bonds is 5. The molecular weight excluding hydrogens is 284 g/mol. The minimum atomic E-state index is 0.374. The fourth-order valence-electron chi connectivity index (χ4n) is 1.40. The number of para-hydroxylation sites is 1. The molecule has 90 valence electrons. The summed E-state index contributed by atoms with van der Waals surface area (Å²) in [6.07, 6.45) is 0. The van der Waals surface area contributed by atoms with Gasteiger partial charge in [0.05, 0.1) is 10.2 Å². The molecule has 0 amide bonds. The van der Waals surface area contributed by atoms with Gasteiger partial charge in [0.2, 0.25) is 0 Å². The molecule has 0 radical (unpaired) electrons. The molecule has 17 heavy (non-hydrogen) atoms. The molecule has 4 nitrogen and oxygen atoms in total. The number of halogens is 1. The first-order valence-corrected chi connectivity index (χ1v) is 6.05. The van der Waals surface area contributed by atoms with Crippen LogP contribution in [0.1, 0.15) is 11.5 Å². The van der Waals surface area contributed by atoms with Crippen molar-refractivity contribution in [3.63, 3.8) is 0 Å². The fraction of sp³-hybridized carbons (Fsp3) is 0.250. The predicted molar refractivity (Wildman–Crippen MR) is 67.7 cm³/mol. The van der Waals surface area contributed by atoms with Crippen molar-refractivity contribution in [3.05, 3.63) is 46.3 Å². The van der Waals surface area contributed by atoms with E-state index in [1.165, 1.54) is 0 Å². The average molecular weight is 297 g/mol. The third kappa shape index (κ3) is 3.31. The first-order valence-electron chi connectivity index (χ1n) is 5.26. The van der Waals surface area contributed by atoms with E-state index in [-0.39, 0.29) is 0 Å². The Balaban J connectivity index is 1.95. The molecule has 0 spiro atoms. The Labute approximate surface area is 108 Å². The van der Waals surface area contributed by atoms with Gasteiger partial charge in [-0.25, -0.2) is 0 Å². The van der Waals surface area contributed by atoms with E-state index in [1.807, 2.05) is 37.4 Å². The minimum Gasteiger partial charge on any atom is -0.484 e. The molecule has 1 heterocycles. The highest BCUT2D eigenvalue weighted by atomic mass is 79.9. The maximum absolute atomic E-state index is 5.61. The standard InChI is InChI=1S/C12H13BrN2O2/c1-14-7-9-6-10(17-15-9)8-16-12-5-3-2-4-11(12)13/h2-6,14H,7-8H2,1H3. The molecular formula is C12H13BrN2O2. The monoisotopic (exact) mass is 296 g/mol. The van der Waals surface area contributed by atoms with Gasteiger partial charge >= 0.3 is 0 Å². The normalized spacial score (nSPS) is 10.5. The number of ether oxygens (including phenoxy) is 1. The average Bonchev–Trinajstić information content (AvgIpc) is 2.76. The summed E-state index contributed by atoms with van der Waals surface area (Å²) in [5, 5.41) is 6.92. The van der Waals surface area contributed by atoms with Crippen LogP contribution in [-0.2, 0) is 13.2 Å². The summed E-state index contributed by atoms with van der Waals surface area (Å²) >= 11 is 3.42. The van der Waals surface area contributed by atoms with Crippen LogP contribution in [0.5, 0.6) is 5.75 Å². The van der Waals surface area contributed by atoms with Crippen LogP contribution in [-0.4, -0.2) is 12.2 Å². The van der Waals surface area contributed by atoms with E-state index in [0.717, 1.165) is 15.9 Å². The van der Waals surface area contributed by atoms with Crippen molar-refractivity contribution in [2.75, 3.05) is 7.05 Å². The van der Waals surface area contributed by atoms with E-state index >= 15 is 0 Å². The highest BCUT2D eigenvalue weighted by Gasteiger charge is 2.05. The van der Waals surface area contributed by atoms with Gasteiger partial charge in [0.15, 0.2) is 5.76 Å². The summed E-state index contributed by atoms with van der Waals surface area (Å²) in [6, 6.07) is 9.58. The zero-order valence-electron chi connectivity index (χ0n) is 9.44. The lowest BCUT2D eigenvalue weighted by Gasteiger charge is -2.04. The van der Waals surface area contributed by atoms with Crippen molar-refractivity contribution >= 4 is 15.9 Å². The lowest BCUT2D eigenvalue weighted by atomic mass is 10.3. The molecule has 0 saturated carbocycles. The van der Waals surface area contributed by atoms with Crippen molar-refractivity contribution in [2.24, 2.45) is 0 Å². The van der Waals surface area contributed by atoms with Gasteiger partial charge in [-0.2, -0.15) is 0 Å². The number of nitrogens with one attached hydrogen (secondary N) is 1. The van der Waals surface area contributed by atoms with Crippen molar-refractivity contribution in [2.45, 2.75) is 13.2 Å². The second-order valence-electron chi connectivity index (χ2n) is 3.53. The van der Waals surface area contributed by atoms with Crippen molar-refractivity contribution < 1.29 is 9.26 Å². The maximum Gasteiger partial charge on any atom is 0.174 e. The fourth-order valence-corrected chi connectivity index (χ4v) is 1.80. The summed E-state index contributed by atoms with van der Waals surface area (Å²) < 4.78 is 11.7. The predicted octanol–water partition coefficient (Wildman–Crippen LogP) is 2.74. The second kappa shape index (κ2) is 5.84. The largest absolute Gasteiger partial charge is 0.484 e. The number of aromatic nitrogens is 1. The van der Waals surface area contributed by atoms with Gasteiger partial charge in [0, 0.05) is 12.6 Å². The molecule has 0 aliphatic carbocycles. The van der Waals surface area contributed by atoms with Crippen LogP contribution in [0, 0.1) is 0 Å². The van der Waals surface area contributed by atoms with E-state index in [1.54, 1.807) is 0 Å². The molecule has 0 atom stereocenters. The number of hydrogen-bond acceptors (Lipinski definition) is 4. The zero-order chi connectivity index (χ0) is 12.1. The molecule has 2 aromatic rings. The molecule has 1 N–H and O–H groups in total. The summed E-state index contributed by atoms with van der Waals surface area (Å²) in [7, 11) is 1.87. The topological polar surface area (TPSA) is 47.3 Å². The van der Waals surface area contributed by atoms with Gasteiger partial charge in [-0.05, 0) is 35.1 Å². The van der Waals surface area contributed by atoms with Crippen molar-refractivity contribution in [1.29, 1.82) is 0 Å². The van der Waals surface area contributed by atoms with Gasteiger partial charge in [0.25, 0.3) is 0 Å². The second-order valence-corrected chi connectivity index (χ2v) is 4.39. The first-order chi connectivity index (χ1) is 8.29. The van der Waals surface area contributed by atoms with E-state index < -0.39 is 0 Å². The van der Waals surface area contributed by atoms with Gasteiger partial charge in [-0.15, -0.1) is 0 Å². The van der Waals surface area contributed by atoms with Crippen molar-refractivity contribution in [1.82, 2.24) is 10.5 Å². The van der Waals surface area contributed by atoms with Gasteiger partial charge in [-0.3, -0.25) is 0 Å². The molecule has 0 aliphatic heterocycles. The molecule has 2 rings (SSSR count). The summed E-state index contributed by atoms with van der Waals surface area (Å²) in [5.74, 6) is 1.50. The molecule has 1 aromatic carbocycles. The Bertz CT molecular complexity index is 485. The summed E-state index contributed by atoms with van der Waals surface area (Å²) in [5.41, 5.74) is 0.873. The Morgan fingerprint density at radius 2 is 2.24 bits per heavy atom.